The Hall–Kier alpha value is -0.860. The number of hydrogen-bond donors (Lipinski definition) is 1. The van der Waals surface area contributed by atoms with Crippen LogP contribution in [0.1, 0.15) is 12.8 Å². The van der Waals surface area contributed by atoms with Gasteiger partial charge < -0.3 is 5.73 Å². The maximum absolute atomic E-state index is 10.3. The Morgan fingerprint density at radius 2 is 2.67 bits per heavy atom. The van der Waals surface area contributed by atoms with Gasteiger partial charge in [-0.1, -0.05) is 0 Å². The highest BCUT2D eigenvalue weighted by atomic mass is 16.1. The molecule has 1 amide bonds. The Labute approximate surface area is 54.0 Å². The molecule has 0 aliphatic carbocycles. The third kappa shape index (κ3) is 1.83. The Kier molecular flexibility index (Phi) is 1.82. The van der Waals surface area contributed by atoms with Gasteiger partial charge in [0.25, 0.3) is 0 Å². The standard InChI is InChI=1S/C6H10N2O/c7-6(9)3-5-1-2-8-4-5/h4-5H,1-3H2,(H2,7,9). The van der Waals surface area contributed by atoms with Crippen molar-refractivity contribution < 1.29 is 4.79 Å². The van der Waals surface area contributed by atoms with Gasteiger partial charge >= 0.3 is 0 Å². The molecule has 3 heteroatoms. The maximum Gasteiger partial charge on any atom is 0.218 e. The van der Waals surface area contributed by atoms with Gasteiger partial charge in [0.2, 0.25) is 5.91 Å². The summed E-state index contributed by atoms with van der Waals surface area (Å²) in [6.45, 7) is 0.859. The average molecular weight is 126 g/mol. The van der Waals surface area contributed by atoms with E-state index in [0.717, 1.165) is 13.0 Å². The summed E-state index contributed by atoms with van der Waals surface area (Å²) < 4.78 is 0. The number of rotatable bonds is 2. The van der Waals surface area contributed by atoms with E-state index in [1.54, 1.807) is 0 Å². The van der Waals surface area contributed by atoms with Crippen LogP contribution in [0.2, 0.25) is 0 Å². The monoisotopic (exact) mass is 126 g/mol. The summed E-state index contributed by atoms with van der Waals surface area (Å²) in [4.78, 5) is 14.3. The van der Waals surface area contributed by atoms with Crippen LogP contribution in [-0.2, 0) is 4.79 Å². The molecule has 1 aliphatic rings. The van der Waals surface area contributed by atoms with Crippen LogP contribution in [0.25, 0.3) is 0 Å². The molecule has 0 saturated carbocycles. The van der Waals surface area contributed by atoms with E-state index in [4.69, 9.17) is 5.73 Å². The Morgan fingerprint density at radius 1 is 1.89 bits per heavy atom. The largest absolute Gasteiger partial charge is 0.370 e. The molecule has 1 rings (SSSR count). The van der Waals surface area contributed by atoms with Gasteiger partial charge in [-0.2, -0.15) is 0 Å². The van der Waals surface area contributed by atoms with Crippen molar-refractivity contribution in [2.75, 3.05) is 6.54 Å². The number of carbonyl (C=O) groups is 1. The van der Waals surface area contributed by atoms with Gasteiger partial charge in [-0.15, -0.1) is 0 Å². The summed E-state index contributed by atoms with van der Waals surface area (Å²) in [6.07, 6.45) is 3.28. The average Bonchev–Trinajstić information content (AvgIpc) is 2.15. The van der Waals surface area contributed by atoms with Crippen LogP contribution in [0.15, 0.2) is 4.99 Å². The first-order valence-corrected chi connectivity index (χ1v) is 3.07. The molecule has 3 nitrogen and oxygen atoms in total. The van der Waals surface area contributed by atoms with Gasteiger partial charge in [0.1, 0.15) is 0 Å². The minimum absolute atomic E-state index is 0.228. The van der Waals surface area contributed by atoms with Crippen molar-refractivity contribution in [3.63, 3.8) is 0 Å². The topological polar surface area (TPSA) is 55.5 Å². The smallest absolute Gasteiger partial charge is 0.218 e. The van der Waals surface area contributed by atoms with Crippen LogP contribution in [0, 0.1) is 5.92 Å². The summed E-state index contributed by atoms with van der Waals surface area (Å²) in [6, 6.07) is 0. The quantitative estimate of drug-likeness (QED) is 0.554. The number of hydrogen-bond acceptors (Lipinski definition) is 2. The molecular formula is C6H10N2O. The number of nitrogens with two attached hydrogens (primary N) is 1. The number of primary amides is 1. The normalized spacial score (nSPS) is 24.7. The molecule has 2 N–H and O–H groups in total. The molecule has 0 aromatic carbocycles. The van der Waals surface area contributed by atoms with E-state index in [9.17, 15) is 4.79 Å². The second-order valence-corrected chi connectivity index (χ2v) is 2.27. The first-order chi connectivity index (χ1) is 4.29. The van der Waals surface area contributed by atoms with Gasteiger partial charge in [-0.05, 0) is 6.42 Å². The summed E-state index contributed by atoms with van der Waals surface area (Å²) in [5.74, 6) is 0.0934. The first-order valence-electron chi connectivity index (χ1n) is 3.07. The molecule has 1 aliphatic heterocycles. The second kappa shape index (κ2) is 2.62. The SMILES string of the molecule is NC(=O)CC1C=NCC1. The van der Waals surface area contributed by atoms with E-state index >= 15 is 0 Å². The lowest BCUT2D eigenvalue weighted by atomic mass is 10.1. The fourth-order valence-corrected chi connectivity index (χ4v) is 0.952. The molecular weight excluding hydrogens is 116 g/mol. The van der Waals surface area contributed by atoms with Crippen molar-refractivity contribution in [1.82, 2.24) is 0 Å². The molecule has 1 heterocycles. The van der Waals surface area contributed by atoms with E-state index in [-0.39, 0.29) is 5.91 Å². The first kappa shape index (κ1) is 6.26. The molecule has 0 aromatic heterocycles. The van der Waals surface area contributed by atoms with E-state index in [1.165, 1.54) is 0 Å². The van der Waals surface area contributed by atoms with Crippen molar-refractivity contribution in [2.45, 2.75) is 12.8 Å². The third-order valence-corrected chi connectivity index (χ3v) is 1.41. The molecule has 0 radical (unpaired) electrons. The van der Waals surface area contributed by atoms with Gasteiger partial charge in [0.05, 0.1) is 0 Å². The van der Waals surface area contributed by atoms with Gasteiger partial charge in [0, 0.05) is 25.1 Å². The van der Waals surface area contributed by atoms with E-state index in [1.807, 2.05) is 6.21 Å². The minimum Gasteiger partial charge on any atom is -0.370 e. The predicted octanol–water partition coefficient (Wildman–Crippen LogP) is -0.0475. The zero-order valence-electron chi connectivity index (χ0n) is 5.21. The van der Waals surface area contributed by atoms with Gasteiger partial charge in [-0.25, -0.2) is 0 Å². The van der Waals surface area contributed by atoms with Crippen LogP contribution in [0.3, 0.4) is 0 Å². The molecule has 0 saturated heterocycles. The lowest BCUT2D eigenvalue weighted by Gasteiger charge is -1.98. The number of aliphatic imine (C=N–C) groups is 1. The van der Waals surface area contributed by atoms with Crippen LogP contribution < -0.4 is 5.73 Å². The van der Waals surface area contributed by atoms with E-state index < -0.39 is 0 Å². The summed E-state index contributed by atoms with van der Waals surface area (Å²) in [7, 11) is 0. The highest BCUT2D eigenvalue weighted by Crippen LogP contribution is 2.10. The molecule has 0 spiro atoms. The van der Waals surface area contributed by atoms with E-state index in [2.05, 4.69) is 4.99 Å². The number of nitrogens with zero attached hydrogens (tertiary/aromatic N) is 1. The van der Waals surface area contributed by atoms with Crippen molar-refractivity contribution >= 4 is 12.1 Å². The second-order valence-electron chi connectivity index (χ2n) is 2.27. The zero-order valence-corrected chi connectivity index (χ0v) is 5.21. The molecule has 1 unspecified atom stereocenters. The summed E-state index contributed by atoms with van der Waals surface area (Å²) in [5, 5.41) is 0. The number of amides is 1. The van der Waals surface area contributed by atoms with Crippen LogP contribution >= 0.6 is 0 Å². The molecule has 9 heavy (non-hydrogen) atoms. The Bertz CT molecular complexity index is 142. The van der Waals surface area contributed by atoms with Crippen LogP contribution in [0.4, 0.5) is 0 Å². The molecule has 0 bridgehead atoms. The predicted molar refractivity (Wildman–Crippen MR) is 35.3 cm³/mol. The Morgan fingerprint density at radius 3 is 3.11 bits per heavy atom. The highest BCUT2D eigenvalue weighted by molar-refractivity contribution is 5.78. The fraction of sp³-hybridized carbons (Fsp3) is 0.667. The van der Waals surface area contributed by atoms with Gasteiger partial charge in [-0.3, -0.25) is 9.79 Å². The third-order valence-electron chi connectivity index (χ3n) is 1.41. The molecule has 50 valence electrons. The molecule has 0 fully saturated rings. The number of carbonyl (C=O) groups excluding carboxylic acids is 1. The lowest BCUT2D eigenvalue weighted by molar-refractivity contribution is -0.118. The summed E-state index contributed by atoms with van der Waals surface area (Å²) >= 11 is 0. The van der Waals surface area contributed by atoms with Gasteiger partial charge in [0.15, 0.2) is 0 Å². The van der Waals surface area contributed by atoms with Crippen molar-refractivity contribution in [3.8, 4) is 0 Å². The highest BCUT2D eigenvalue weighted by Gasteiger charge is 2.11. The minimum atomic E-state index is -0.228. The van der Waals surface area contributed by atoms with Crippen molar-refractivity contribution in [3.05, 3.63) is 0 Å². The summed E-state index contributed by atoms with van der Waals surface area (Å²) in [5.41, 5.74) is 4.97. The van der Waals surface area contributed by atoms with Crippen LogP contribution in [0.5, 0.6) is 0 Å². The molecule has 0 aromatic rings. The fourth-order valence-electron chi connectivity index (χ4n) is 0.952. The Balaban J connectivity index is 2.28. The zero-order chi connectivity index (χ0) is 6.69. The maximum atomic E-state index is 10.3. The van der Waals surface area contributed by atoms with Crippen molar-refractivity contribution in [1.29, 1.82) is 0 Å². The van der Waals surface area contributed by atoms with Crippen LogP contribution in [-0.4, -0.2) is 18.7 Å². The van der Waals surface area contributed by atoms with E-state index in [0.29, 0.717) is 12.3 Å². The molecule has 1 atom stereocenters. The van der Waals surface area contributed by atoms with Crippen molar-refractivity contribution in [2.24, 2.45) is 16.6 Å². The lowest BCUT2D eigenvalue weighted by Crippen LogP contribution is -2.15.